The summed E-state index contributed by atoms with van der Waals surface area (Å²) < 4.78 is 10.5. The van der Waals surface area contributed by atoms with Gasteiger partial charge in [-0.2, -0.15) is 0 Å². The quantitative estimate of drug-likeness (QED) is 0.370. The maximum absolute atomic E-state index is 5.37. The van der Waals surface area contributed by atoms with Crippen LogP contribution in [0.3, 0.4) is 0 Å². The number of methoxy groups -OCH3 is 2. The second-order valence-electron chi connectivity index (χ2n) is 5.58. The number of ether oxygens (including phenoxy) is 2. The Morgan fingerprint density at radius 1 is 1.12 bits per heavy atom. The standard InChI is InChI=1S/C19H26N4O2.HI/c1-14-8-9-15(12-17(14)24-3)10-11-21-19(20-2)22-13-16-6-5-7-18(23-16)25-4;/h5-9,12H,10-11,13H2,1-4H3,(H2,20,21,22);1H. The van der Waals surface area contributed by atoms with E-state index in [9.17, 15) is 0 Å². The maximum Gasteiger partial charge on any atom is 0.213 e. The summed E-state index contributed by atoms with van der Waals surface area (Å²) in [7, 11) is 5.06. The number of aromatic nitrogens is 1. The van der Waals surface area contributed by atoms with Gasteiger partial charge >= 0.3 is 0 Å². The van der Waals surface area contributed by atoms with Gasteiger partial charge in [-0.25, -0.2) is 4.98 Å². The highest BCUT2D eigenvalue weighted by atomic mass is 127. The van der Waals surface area contributed by atoms with E-state index in [1.165, 1.54) is 5.56 Å². The molecule has 0 aliphatic rings. The normalized spacial score (nSPS) is 10.7. The number of hydrogen-bond acceptors (Lipinski definition) is 4. The number of aliphatic imine (C=N–C) groups is 1. The molecule has 0 atom stereocenters. The second-order valence-corrected chi connectivity index (χ2v) is 5.58. The highest BCUT2D eigenvalue weighted by Crippen LogP contribution is 2.18. The lowest BCUT2D eigenvalue weighted by Crippen LogP contribution is -2.38. The summed E-state index contributed by atoms with van der Waals surface area (Å²) >= 11 is 0. The number of pyridine rings is 1. The van der Waals surface area contributed by atoms with Crippen LogP contribution in [0, 0.1) is 6.92 Å². The van der Waals surface area contributed by atoms with Crippen LogP contribution in [0.15, 0.2) is 41.4 Å². The largest absolute Gasteiger partial charge is 0.496 e. The summed E-state index contributed by atoms with van der Waals surface area (Å²) in [5.41, 5.74) is 3.26. The molecule has 0 unspecified atom stereocenters. The molecule has 0 fully saturated rings. The molecule has 142 valence electrons. The van der Waals surface area contributed by atoms with Gasteiger partial charge in [-0.1, -0.05) is 18.2 Å². The molecule has 0 radical (unpaired) electrons. The molecule has 7 heteroatoms. The molecule has 26 heavy (non-hydrogen) atoms. The SMILES string of the molecule is CN=C(NCCc1ccc(C)c(OC)c1)NCc1cccc(OC)n1.I. The molecular weight excluding hydrogens is 443 g/mol. The smallest absolute Gasteiger partial charge is 0.213 e. The van der Waals surface area contributed by atoms with Crippen molar-refractivity contribution in [1.82, 2.24) is 15.6 Å². The molecule has 2 aromatic rings. The molecule has 1 aromatic heterocycles. The monoisotopic (exact) mass is 470 g/mol. The van der Waals surface area contributed by atoms with Crippen molar-refractivity contribution in [2.75, 3.05) is 27.8 Å². The highest BCUT2D eigenvalue weighted by molar-refractivity contribution is 14.0. The molecular formula is C19H27IN4O2. The molecule has 0 amide bonds. The minimum absolute atomic E-state index is 0. The van der Waals surface area contributed by atoms with E-state index in [1.807, 2.05) is 25.1 Å². The Morgan fingerprint density at radius 2 is 1.92 bits per heavy atom. The third-order valence-electron chi connectivity index (χ3n) is 3.83. The van der Waals surface area contributed by atoms with Crippen LogP contribution in [0.5, 0.6) is 11.6 Å². The van der Waals surface area contributed by atoms with Crippen molar-refractivity contribution in [1.29, 1.82) is 0 Å². The summed E-state index contributed by atoms with van der Waals surface area (Å²) in [6.07, 6.45) is 0.884. The van der Waals surface area contributed by atoms with Gasteiger partial charge < -0.3 is 20.1 Å². The van der Waals surface area contributed by atoms with Gasteiger partial charge in [-0.05, 0) is 36.6 Å². The highest BCUT2D eigenvalue weighted by Gasteiger charge is 2.03. The number of aryl methyl sites for hydroxylation is 1. The van der Waals surface area contributed by atoms with Crippen molar-refractivity contribution in [2.45, 2.75) is 19.9 Å². The molecule has 0 spiro atoms. The Morgan fingerprint density at radius 3 is 2.62 bits per heavy atom. The predicted octanol–water partition coefficient (Wildman–Crippen LogP) is 2.93. The third-order valence-corrected chi connectivity index (χ3v) is 3.83. The molecule has 2 N–H and O–H groups in total. The van der Waals surface area contributed by atoms with E-state index in [1.54, 1.807) is 21.3 Å². The van der Waals surface area contributed by atoms with Crippen molar-refractivity contribution in [3.63, 3.8) is 0 Å². The van der Waals surface area contributed by atoms with Gasteiger partial charge in [-0.3, -0.25) is 4.99 Å². The Balaban J connectivity index is 0.00000338. The zero-order valence-electron chi connectivity index (χ0n) is 15.7. The van der Waals surface area contributed by atoms with E-state index in [0.29, 0.717) is 12.4 Å². The van der Waals surface area contributed by atoms with Gasteiger partial charge in [0.1, 0.15) is 5.75 Å². The van der Waals surface area contributed by atoms with E-state index in [2.05, 4.69) is 38.8 Å². The first-order valence-corrected chi connectivity index (χ1v) is 8.24. The minimum Gasteiger partial charge on any atom is -0.496 e. The van der Waals surface area contributed by atoms with E-state index in [0.717, 1.165) is 35.9 Å². The van der Waals surface area contributed by atoms with Crippen LogP contribution in [0.4, 0.5) is 0 Å². The van der Waals surface area contributed by atoms with Crippen molar-refractivity contribution >= 4 is 29.9 Å². The zero-order valence-corrected chi connectivity index (χ0v) is 18.0. The van der Waals surface area contributed by atoms with Crippen molar-refractivity contribution in [3.05, 3.63) is 53.2 Å². The van der Waals surface area contributed by atoms with E-state index < -0.39 is 0 Å². The van der Waals surface area contributed by atoms with Crippen molar-refractivity contribution < 1.29 is 9.47 Å². The Labute approximate surface area is 172 Å². The molecule has 1 aromatic carbocycles. The van der Waals surface area contributed by atoms with Crippen LogP contribution < -0.4 is 20.1 Å². The first-order valence-electron chi connectivity index (χ1n) is 8.24. The number of halogens is 1. The lowest BCUT2D eigenvalue weighted by Gasteiger charge is -2.12. The average Bonchev–Trinajstić information content (AvgIpc) is 2.65. The van der Waals surface area contributed by atoms with Crippen LogP contribution >= 0.6 is 24.0 Å². The van der Waals surface area contributed by atoms with Crippen LogP contribution in [0.2, 0.25) is 0 Å². The number of nitrogens with one attached hydrogen (secondary N) is 2. The lowest BCUT2D eigenvalue weighted by molar-refractivity contribution is 0.396. The van der Waals surface area contributed by atoms with Gasteiger partial charge in [0, 0.05) is 19.7 Å². The molecule has 0 saturated heterocycles. The van der Waals surface area contributed by atoms with Gasteiger partial charge in [0.25, 0.3) is 0 Å². The fourth-order valence-corrected chi connectivity index (χ4v) is 2.41. The van der Waals surface area contributed by atoms with Crippen LogP contribution in [-0.4, -0.2) is 38.8 Å². The maximum atomic E-state index is 5.37. The van der Waals surface area contributed by atoms with Crippen LogP contribution in [-0.2, 0) is 13.0 Å². The second kappa shape index (κ2) is 11.6. The molecule has 0 aliphatic carbocycles. The number of hydrogen-bond donors (Lipinski definition) is 2. The molecule has 6 nitrogen and oxygen atoms in total. The van der Waals surface area contributed by atoms with E-state index >= 15 is 0 Å². The summed E-state index contributed by atoms with van der Waals surface area (Å²) in [5.74, 6) is 2.27. The number of rotatable bonds is 7. The Kier molecular flexibility index (Phi) is 9.79. The summed E-state index contributed by atoms with van der Waals surface area (Å²) in [6.45, 7) is 3.39. The fourth-order valence-electron chi connectivity index (χ4n) is 2.41. The first kappa shape index (κ1) is 22.0. The zero-order chi connectivity index (χ0) is 18.1. The topological polar surface area (TPSA) is 67.8 Å². The minimum atomic E-state index is 0. The number of nitrogens with zero attached hydrogens (tertiary/aromatic N) is 2. The predicted molar refractivity (Wildman–Crippen MR) is 116 cm³/mol. The summed E-state index contributed by atoms with van der Waals surface area (Å²) in [5, 5.41) is 6.56. The Hall–Kier alpha value is -2.03. The molecule has 1 heterocycles. The average molecular weight is 470 g/mol. The first-order chi connectivity index (χ1) is 12.2. The summed E-state index contributed by atoms with van der Waals surface area (Å²) in [4.78, 5) is 8.61. The van der Waals surface area contributed by atoms with E-state index in [4.69, 9.17) is 9.47 Å². The van der Waals surface area contributed by atoms with Crippen molar-refractivity contribution in [2.24, 2.45) is 4.99 Å². The van der Waals surface area contributed by atoms with E-state index in [-0.39, 0.29) is 24.0 Å². The molecule has 2 rings (SSSR count). The van der Waals surface area contributed by atoms with Crippen molar-refractivity contribution in [3.8, 4) is 11.6 Å². The Bertz CT molecular complexity index is 722. The van der Waals surface area contributed by atoms with Gasteiger partial charge in [0.05, 0.1) is 26.5 Å². The third kappa shape index (κ3) is 6.70. The van der Waals surface area contributed by atoms with Gasteiger partial charge in [0.2, 0.25) is 5.88 Å². The molecule has 0 aliphatic heterocycles. The van der Waals surface area contributed by atoms with Gasteiger partial charge in [-0.15, -0.1) is 24.0 Å². The molecule has 0 bridgehead atoms. The number of guanidine groups is 1. The summed E-state index contributed by atoms with van der Waals surface area (Å²) in [6, 6.07) is 12.0. The fraction of sp³-hybridized carbons (Fsp3) is 0.368. The lowest BCUT2D eigenvalue weighted by atomic mass is 10.1. The van der Waals surface area contributed by atoms with Crippen LogP contribution in [0.25, 0.3) is 0 Å². The number of benzene rings is 1. The van der Waals surface area contributed by atoms with Crippen LogP contribution in [0.1, 0.15) is 16.8 Å². The molecule has 0 saturated carbocycles. The van der Waals surface area contributed by atoms with Gasteiger partial charge in [0.15, 0.2) is 5.96 Å².